The molecule has 1 rings (SSSR count). The fourth-order valence-corrected chi connectivity index (χ4v) is 3.78. The molecule has 7 N–H and O–H groups in total. The van der Waals surface area contributed by atoms with Gasteiger partial charge in [-0.1, -0.05) is 23.8 Å². The summed E-state index contributed by atoms with van der Waals surface area (Å²) in [5.74, 6) is -1.07. The highest BCUT2D eigenvalue weighted by Gasteiger charge is 2.45. The summed E-state index contributed by atoms with van der Waals surface area (Å²) in [7, 11) is 0. The Morgan fingerprint density at radius 2 is 1.78 bits per heavy atom. The zero-order chi connectivity index (χ0) is 27.5. The van der Waals surface area contributed by atoms with Gasteiger partial charge in [0.25, 0.3) is 0 Å². The van der Waals surface area contributed by atoms with Crippen molar-refractivity contribution in [3.05, 3.63) is 47.6 Å². The van der Waals surface area contributed by atoms with Crippen molar-refractivity contribution in [3.63, 3.8) is 0 Å². The van der Waals surface area contributed by atoms with Gasteiger partial charge in [0, 0.05) is 5.57 Å². The fourth-order valence-electron chi connectivity index (χ4n) is 3.78. The Bertz CT molecular complexity index is 803. The Morgan fingerprint density at radius 1 is 1.11 bits per heavy atom. The van der Waals surface area contributed by atoms with Gasteiger partial charge in [0.1, 0.15) is 24.4 Å². The highest BCUT2D eigenvalue weighted by molar-refractivity contribution is 5.85. The zero-order valence-corrected chi connectivity index (χ0v) is 21.3. The predicted molar refractivity (Wildman–Crippen MR) is 133 cm³/mol. The zero-order valence-electron chi connectivity index (χ0n) is 21.3. The third-order valence-electron chi connectivity index (χ3n) is 6.21. The third kappa shape index (κ3) is 10.2. The van der Waals surface area contributed by atoms with Crippen molar-refractivity contribution in [1.82, 2.24) is 0 Å². The molecule has 1 fully saturated rings. The van der Waals surface area contributed by atoms with Crippen molar-refractivity contribution < 1.29 is 50.0 Å². The first-order valence-corrected chi connectivity index (χ1v) is 12.0. The Labute approximate surface area is 212 Å². The van der Waals surface area contributed by atoms with Crippen LogP contribution < -0.4 is 0 Å². The number of carboxylic acids is 1. The molecule has 7 atom stereocenters. The minimum absolute atomic E-state index is 0.0860. The van der Waals surface area contributed by atoms with E-state index in [9.17, 15) is 35.4 Å². The number of aliphatic carboxylic acids is 1. The summed E-state index contributed by atoms with van der Waals surface area (Å²) in [5.41, 5.74) is 0.837. The van der Waals surface area contributed by atoms with Crippen LogP contribution in [0.4, 0.5) is 0 Å². The second-order valence-electron chi connectivity index (χ2n) is 9.41. The summed E-state index contributed by atoms with van der Waals surface area (Å²) in [4.78, 5) is 10.8. The van der Waals surface area contributed by atoms with E-state index in [1.165, 1.54) is 13.0 Å². The van der Waals surface area contributed by atoms with Crippen molar-refractivity contribution in [1.29, 1.82) is 0 Å². The highest BCUT2D eigenvalue weighted by Crippen LogP contribution is 2.29. The second-order valence-corrected chi connectivity index (χ2v) is 9.41. The normalized spacial score (nSPS) is 28.5. The molecule has 1 saturated heterocycles. The van der Waals surface area contributed by atoms with Crippen LogP contribution in [0, 0.1) is 0 Å². The quantitative estimate of drug-likeness (QED) is 0.123. The molecule has 1 aliphatic rings. The standard InChI is InChI=1S/C26H42O10/c1-5-26(4,36-25-23(32)22(31)21(30)20(15-28)35-25)11-7-10-18(14-27)9-6-8-16(2)12-19(29)13-17(3)24(33)34/h5,8,10,13,19-23,25,27-32H,1,6-7,9,11-12,14-15H2,2-4H3,(H,33,34)/b16-8+,17-13+,18-10-/t19-,20+,21+,22-,23+,25-,26-/m0/s1. The van der Waals surface area contributed by atoms with Crippen LogP contribution >= 0.6 is 0 Å². The average molecular weight is 515 g/mol. The molecular weight excluding hydrogens is 472 g/mol. The van der Waals surface area contributed by atoms with Gasteiger partial charge in [-0.3, -0.25) is 0 Å². The maximum Gasteiger partial charge on any atom is 0.331 e. The Balaban J connectivity index is 2.65. The van der Waals surface area contributed by atoms with Crippen molar-refractivity contribution in [3.8, 4) is 0 Å². The van der Waals surface area contributed by atoms with Gasteiger partial charge in [-0.25, -0.2) is 4.79 Å². The van der Waals surface area contributed by atoms with Gasteiger partial charge in [0.2, 0.25) is 0 Å². The number of ether oxygens (including phenoxy) is 2. The van der Waals surface area contributed by atoms with Crippen molar-refractivity contribution in [2.45, 2.75) is 95.3 Å². The number of aliphatic hydroxyl groups is 6. The SMILES string of the molecule is C=C[C@@](C)(CC/C=C(\CO)CC/C=C(\C)C[C@H](O)/C=C(\C)C(=O)O)O[C@@H]1O[C@H](CO)[C@@H](O)[C@H](O)[C@H]1O. The van der Waals surface area contributed by atoms with E-state index in [0.29, 0.717) is 32.1 Å². The monoisotopic (exact) mass is 514 g/mol. The van der Waals surface area contributed by atoms with E-state index in [2.05, 4.69) is 6.58 Å². The number of allylic oxidation sites excluding steroid dienone is 2. The number of carbonyl (C=O) groups is 1. The molecule has 36 heavy (non-hydrogen) atoms. The van der Waals surface area contributed by atoms with Crippen LogP contribution in [0.5, 0.6) is 0 Å². The Hall–Kier alpha value is -1.89. The number of hydrogen-bond acceptors (Lipinski definition) is 9. The number of aliphatic hydroxyl groups excluding tert-OH is 6. The summed E-state index contributed by atoms with van der Waals surface area (Å²) in [6, 6.07) is 0. The maximum absolute atomic E-state index is 10.8. The summed E-state index contributed by atoms with van der Waals surface area (Å²) in [6.07, 6.45) is 1.39. The predicted octanol–water partition coefficient (Wildman–Crippen LogP) is 0.955. The first-order valence-electron chi connectivity index (χ1n) is 12.0. The van der Waals surface area contributed by atoms with E-state index in [1.54, 1.807) is 13.0 Å². The lowest BCUT2D eigenvalue weighted by Crippen LogP contribution is -2.60. The maximum atomic E-state index is 10.8. The first-order chi connectivity index (χ1) is 16.9. The topological polar surface area (TPSA) is 177 Å². The molecule has 206 valence electrons. The second kappa shape index (κ2) is 15.4. The van der Waals surface area contributed by atoms with Crippen LogP contribution in [0.1, 0.15) is 52.9 Å². The van der Waals surface area contributed by atoms with E-state index >= 15 is 0 Å². The largest absolute Gasteiger partial charge is 0.478 e. The van der Waals surface area contributed by atoms with E-state index in [-0.39, 0.29) is 12.2 Å². The molecule has 1 heterocycles. The van der Waals surface area contributed by atoms with E-state index < -0.39 is 55.0 Å². The Morgan fingerprint density at radius 3 is 2.33 bits per heavy atom. The summed E-state index contributed by atoms with van der Waals surface area (Å²) >= 11 is 0. The molecule has 10 nitrogen and oxygen atoms in total. The molecule has 0 aromatic carbocycles. The van der Waals surface area contributed by atoms with Gasteiger partial charge < -0.3 is 45.2 Å². The van der Waals surface area contributed by atoms with Gasteiger partial charge in [-0.2, -0.15) is 0 Å². The van der Waals surface area contributed by atoms with E-state index in [0.717, 1.165) is 11.1 Å². The van der Waals surface area contributed by atoms with Crippen LogP contribution in [0.2, 0.25) is 0 Å². The number of hydrogen-bond donors (Lipinski definition) is 7. The van der Waals surface area contributed by atoms with Crippen LogP contribution in [-0.4, -0.2) is 97.3 Å². The molecule has 0 aromatic heterocycles. The lowest BCUT2D eigenvalue weighted by molar-refractivity contribution is -0.319. The fraction of sp³-hybridized carbons (Fsp3) is 0.654. The molecular formula is C26H42O10. The summed E-state index contributed by atoms with van der Waals surface area (Å²) < 4.78 is 11.3. The van der Waals surface area contributed by atoms with Gasteiger partial charge in [0.15, 0.2) is 6.29 Å². The molecule has 0 aliphatic carbocycles. The lowest BCUT2D eigenvalue weighted by atomic mass is 9.96. The van der Waals surface area contributed by atoms with Crippen LogP contribution in [-0.2, 0) is 14.3 Å². The molecule has 0 unspecified atom stereocenters. The highest BCUT2D eigenvalue weighted by atomic mass is 16.7. The molecule has 0 spiro atoms. The number of carboxylic acid groups (broad SMARTS) is 1. The third-order valence-corrected chi connectivity index (χ3v) is 6.21. The smallest absolute Gasteiger partial charge is 0.331 e. The van der Waals surface area contributed by atoms with Crippen LogP contribution in [0.25, 0.3) is 0 Å². The molecule has 0 aromatic rings. The number of rotatable bonds is 15. The first kappa shape index (κ1) is 32.1. The van der Waals surface area contributed by atoms with Gasteiger partial charge in [-0.15, -0.1) is 6.58 Å². The summed E-state index contributed by atoms with van der Waals surface area (Å²) in [5, 5.41) is 68.0. The minimum atomic E-state index is -1.54. The van der Waals surface area contributed by atoms with E-state index in [1.807, 2.05) is 19.1 Å². The molecule has 0 bridgehead atoms. The molecule has 0 radical (unpaired) electrons. The van der Waals surface area contributed by atoms with Crippen molar-refractivity contribution in [2.75, 3.05) is 13.2 Å². The molecule has 1 aliphatic heterocycles. The molecule has 10 heteroatoms. The van der Waals surface area contributed by atoms with Crippen LogP contribution in [0.15, 0.2) is 47.6 Å². The molecule has 0 amide bonds. The van der Waals surface area contributed by atoms with Crippen molar-refractivity contribution >= 4 is 5.97 Å². The molecule has 0 saturated carbocycles. The minimum Gasteiger partial charge on any atom is -0.478 e. The van der Waals surface area contributed by atoms with Crippen molar-refractivity contribution in [2.24, 2.45) is 0 Å². The lowest BCUT2D eigenvalue weighted by Gasteiger charge is -2.42. The van der Waals surface area contributed by atoms with Gasteiger partial charge in [-0.05, 0) is 64.5 Å². The Kier molecular flexibility index (Phi) is 13.7. The average Bonchev–Trinajstić information content (AvgIpc) is 2.83. The van der Waals surface area contributed by atoms with E-state index in [4.69, 9.17) is 14.6 Å². The van der Waals surface area contributed by atoms with Crippen LogP contribution in [0.3, 0.4) is 0 Å². The van der Waals surface area contributed by atoms with Gasteiger partial charge in [0.05, 0.1) is 24.9 Å². The van der Waals surface area contributed by atoms with Gasteiger partial charge >= 0.3 is 5.97 Å². The summed E-state index contributed by atoms with van der Waals surface area (Å²) in [6.45, 7) is 8.10.